The lowest BCUT2D eigenvalue weighted by Crippen LogP contribution is -2.14. The highest BCUT2D eigenvalue weighted by molar-refractivity contribution is 7.99. The lowest BCUT2D eigenvalue weighted by atomic mass is 10.1. The van der Waals surface area contributed by atoms with Crippen molar-refractivity contribution in [3.8, 4) is 28.3 Å². The van der Waals surface area contributed by atoms with Gasteiger partial charge in [0.15, 0.2) is 5.76 Å². The number of hydrogen-bond donors (Lipinski definition) is 0. The SMILES string of the molecule is CCCCCCCCCCOc1ccc(-c2cc(-c3ccc(N4c5ccccc5Sc5ccccc54)cc3)no2)cc1. The van der Waals surface area contributed by atoms with Crippen molar-refractivity contribution >= 4 is 28.8 Å². The molecule has 5 aromatic rings. The molecule has 0 amide bonds. The van der Waals surface area contributed by atoms with Crippen molar-refractivity contribution in [2.24, 2.45) is 0 Å². The van der Waals surface area contributed by atoms with E-state index in [4.69, 9.17) is 9.26 Å². The molecule has 42 heavy (non-hydrogen) atoms. The fourth-order valence-corrected chi connectivity index (χ4v) is 6.51. The Morgan fingerprint density at radius 3 is 1.93 bits per heavy atom. The maximum atomic E-state index is 5.97. The van der Waals surface area contributed by atoms with Gasteiger partial charge in [0.25, 0.3) is 0 Å². The zero-order valence-corrected chi connectivity index (χ0v) is 25.1. The average Bonchev–Trinajstić information content (AvgIpc) is 3.54. The quantitative estimate of drug-likeness (QED) is 0.128. The molecule has 6 rings (SSSR count). The van der Waals surface area contributed by atoms with Crippen molar-refractivity contribution in [2.75, 3.05) is 11.5 Å². The van der Waals surface area contributed by atoms with Gasteiger partial charge in [0.05, 0.1) is 18.0 Å². The van der Waals surface area contributed by atoms with Crippen molar-refractivity contribution in [3.05, 3.63) is 103 Å². The summed E-state index contributed by atoms with van der Waals surface area (Å²) in [6.07, 6.45) is 10.4. The smallest absolute Gasteiger partial charge is 0.167 e. The molecule has 214 valence electrons. The van der Waals surface area contributed by atoms with E-state index in [1.54, 1.807) is 0 Å². The summed E-state index contributed by atoms with van der Waals surface area (Å²) in [5, 5.41) is 4.38. The third kappa shape index (κ3) is 6.57. The van der Waals surface area contributed by atoms with Crippen LogP contribution in [0.4, 0.5) is 17.1 Å². The van der Waals surface area contributed by atoms with Crippen molar-refractivity contribution in [2.45, 2.75) is 68.1 Å². The minimum absolute atomic E-state index is 0.750. The summed E-state index contributed by atoms with van der Waals surface area (Å²) in [4.78, 5) is 4.84. The Morgan fingerprint density at radius 1 is 0.667 bits per heavy atom. The number of anilines is 3. The van der Waals surface area contributed by atoms with Gasteiger partial charge < -0.3 is 14.2 Å². The zero-order valence-electron chi connectivity index (χ0n) is 24.3. The molecule has 1 aliphatic heterocycles. The van der Waals surface area contributed by atoms with Crippen LogP contribution in [-0.4, -0.2) is 11.8 Å². The second-order valence-corrected chi connectivity index (χ2v) is 11.9. The molecular weight excluding hydrogens is 536 g/mol. The van der Waals surface area contributed by atoms with Crippen LogP contribution in [0, 0.1) is 0 Å². The fourth-order valence-electron chi connectivity index (χ4n) is 5.45. The summed E-state index contributed by atoms with van der Waals surface area (Å²) in [5.41, 5.74) is 6.34. The normalized spacial score (nSPS) is 12.2. The van der Waals surface area contributed by atoms with Crippen LogP contribution >= 0.6 is 11.8 Å². The van der Waals surface area contributed by atoms with Gasteiger partial charge in [-0.25, -0.2) is 0 Å². The monoisotopic (exact) mass is 574 g/mol. The molecule has 0 radical (unpaired) electrons. The molecule has 0 fully saturated rings. The average molecular weight is 575 g/mol. The zero-order chi connectivity index (χ0) is 28.6. The fraction of sp³-hybridized carbons (Fsp3) is 0.270. The van der Waals surface area contributed by atoms with E-state index >= 15 is 0 Å². The number of hydrogen-bond acceptors (Lipinski definition) is 5. The Morgan fingerprint density at radius 2 is 1.26 bits per heavy atom. The number of fused-ring (bicyclic) bond motifs is 2. The van der Waals surface area contributed by atoms with E-state index < -0.39 is 0 Å². The van der Waals surface area contributed by atoms with Crippen molar-refractivity contribution in [3.63, 3.8) is 0 Å². The van der Waals surface area contributed by atoms with Crippen LogP contribution in [0.5, 0.6) is 5.75 Å². The van der Waals surface area contributed by atoms with Gasteiger partial charge in [-0.3, -0.25) is 0 Å². The topological polar surface area (TPSA) is 38.5 Å². The van der Waals surface area contributed by atoms with Gasteiger partial charge in [-0.1, -0.05) is 105 Å². The summed E-state index contributed by atoms with van der Waals surface area (Å²) in [7, 11) is 0. The van der Waals surface area contributed by atoms with Crippen LogP contribution in [0.25, 0.3) is 22.6 Å². The van der Waals surface area contributed by atoms with Crippen molar-refractivity contribution in [1.82, 2.24) is 5.16 Å². The van der Waals surface area contributed by atoms with Crippen LogP contribution in [0.15, 0.2) is 117 Å². The Balaban J connectivity index is 1.07. The third-order valence-corrected chi connectivity index (χ3v) is 8.90. The van der Waals surface area contributed by atoms with Crippen LogP contribution < -0.4 is 9.64 Å². The molecule has 0 saturated heterocycles. The molecule has 0 aliphatic carbocycles. The first-order chi connectivity index (χ1) is 20.8. The van der Waals surface area contributed by atoms with E-state index in [9.17, 15) is 0 Å². The first kappa shape index (κ1) is 28.2. The van der Waals surface area contributed by atoms with E-state index in [1.807, 2.05) is 42.1 Å². The molecule has 1 aliphatic rings. The second kappa shape index (κ2) is 13.8. The van der Waals surface area contributed by atoms with Gasteiger partial charge in [-0.15, -0.1) is 0 Å². The highest BCUT2D eigenvalue weighted by Gasteiger charge is 2.24. The van der Waals surface area contributed by atoms with Gasteiger partial charge in [0.2, 0.25) is 0 Å². The number of nitrogens with zero attached hydrogens (tertiary/aromatic N) is 2. The highest BCUT2D eigenvalue weighted by Crippen LogP contribution is 2.51. The van der Waals surface area contributed by atoms with E-state index in [0.29, 0.717) is 0 Å². The summed E-state index contributed by atoms with van der Waals surface area (Å²) < 4.78 is 11.7. The van der Waals surface area contributed by atoms with Crippen LogP contribution in [0.2, 0.25) is 0 Å². The van der Waals surface area contributed by atoms with Crippen molar-refractivity contribution in [1.29, 1.82) is 0 Å². The van der Waals surface area contributed by atoms with Crippen LogP contribution in [0.1, 0.15) is 58.3 Å². The van der Waals surface area contributed by atoms with Gasteiger partial charge in [-0.05, 0) is 67.1 Å². The number of unbranched alkanes of at least 4 members (excludes halogenated alkanes) is 7. The Bertz CT molecular complexity index is 1530. The number of ether oxygens (including phenoxy) is 1. The first-order valence-corrected chi connectivity index (χ1v) is 16.1. The highest BCUT2D eigenvalue weighted by atomic mass is 32.2. The predicted molar refractivity (Wildman–Crippen MR) is 174 cm³/mol. The lowest BCUT2D eigenvalue weighted by molar-refractivity contribution is 0.304. The summed E-state index contributed by atoms with van der Waals surface area (Å²) in [5.74, 6) is 1.65. The summed E-state index contributed by atoms with van der Waals surface area (Å²) >= 11 is 1.82. The molecule has 0 bridgehead atoms. The second-order valence-electron chi connectivity index (χ2n) is 10.8. The van der Waals surface area contributed by atoms with E-state index in [1.165, 1.54) is 66.1 Å². The minimum Gasteiger partial charge on any atom is -0.494 e. The number of para-hydroxylation sites is 2. The van der Waals surface area contributed by atoms with E-state index in [-0.39, 0.29) is 0 Å². The van der Waals surface area contributed by atoms with Gasteiger partial charge >= 0.3 is 0 Å². The van der Waals surface area contributed by atoms with E-state index in [2.05, 4.69) is 89.8 Å². The van der Waals surface area contributed by atoms with Crippen LogP contribution in [0.3, 0.4) is 0 Å². The molecular formula is C37H38N2O2S. The van der Waals surface area contributed by atoms with E-state index in [0.717, 1.165) is 47.0 Å². The molecule has 4 aromatic carbocycles. The molecule has 5 heteroatoms. The Hall–Kier alpha value is -3.96. The van der Waals surface area contributed by atoms with Crippen LogP contribution in [-0.2, 0) is 0 Å². The standard InChI is InChI=1S/C37H38N2O2S/c1-2-3-4-5-6-7-8-13-26-40-31-24-20-29(21-25-31)35-27-32(38-41-35)28-18-22-30(23-19-28)39-33-14-9-11-16-36(33)42-37-17-12-10-15-34(37)39/h9-12,14-25,27H,2-8,13,26H2,1H3. The molecule has 0 atom stereocenters. The molecule has 4 nitrogen and oxygen atoms in total. The Labute approximate surface area is 253 Å². The summed E-state index contributed by atoms with van der Waals surface area (Å²) in [6.45, 7) is 3.03. The first-order valence-electron chi connectivity index (χ1n) is 15.3. The van der Waals surface area contributed by atoms with Gasteiger partial charge in [0.1, 0.15) is 11.4 Å². The number of benzene rings is 4. The maximum Gasteiger partial charge on any atom is 0.167 e. The molecule has 2 heterocycles. The third-order valence-electron chi connectivity index (χ3n) is 7.77. The predicted octanol–water partition coefficient (Wildman–Crippen LogP) is 11.5. The number of aromatic nitrogens is 1. The molecule has 0 unspecified atom stereocenters. The molecule has 0 spiro atoms. The van der Waals surface area contributed by atoms with Crippen molar-refractivity contribution < 1.29 is 9.26 Å². The summed E-state index contributed by atoms with van der Waals surface area (Å²) in [6, 6.07) is 35.8. The maximum absolute atomic E-state index is 5.97. The Kier molecular flexibility index (Phi) is 9.26. The molecule has 0 N–H and O–H groups in total. The lowest BCUT2D eigenvalue weighted by Gasteiger charge is -2.32. The van der Waals surface area contributed by atoms with Gasteiger partial charge in [0, 0.05) is 32.7 Å². The number of rotatable bonds is 13. The molecule has 0 saturated carbocycles. The largest absolute Gasteiger partial charge is 0.494 e. The van der Waals surface area contributed by atoms with Gasteiger partial charge in [-0.2, -0.15) is 0 Å². The molecule has 1 aromatic heterocycles. The minimum atomic E-state index is 0.750.